The zero-order valence-electron chi connectivity index (χ0n) is 10.8. The highest BCUT2D eigenvalue weighted by molar-refractivity contribution is 7.95. The second-order valence-corrected chi connectivity index (χ2v) is 6.93. The van der Waals surface area contributed by atoms with Crippen molar-refractivity contribution in [2.24, 2.45) is 0 Å². The molecular weight excluding hydrogens is 276 g/mol. The van der Waals surface area contributed by atoms with Crippen LogP contribution in [-0.4, -0.2) is 33.4 Å². The van der Waals surface area contributed by atoms with Crippen molar-refractivity contribution in [3.63, 3.8) is 0 Å². The molecule has 0 saturated heterocycles. The maximum atomic E-state index is 11.5. The minimum atomic E-state index is -3.67. The standard InChI is InChI=1S/C10H16O2S.CH4O3S/c1-4-7-8-10(6-3)13(11,12)9-5-2;1-5(2,3)4/h4,6-8H,3,5,9H2,1-2H3;1H3,(H,2,3,4)/b7-4-,10-8+;. The SMILES string of the molecule is C=C/C(=C\C=C/C)S(=O)(=O)CCC.CS(=O)(=O)O. The molecule has 0 fully saturated rings. The molecular formula is C11H20O5S2. The predicted octanol–water partition coefficient (Wildman–Crippen LogP) is 1.96. The highest BCUT2D eigenvalue weighted by Gasteiger charge is 2.12. The molecule has 0 aliphatic carbocycles. The molecule has 0 heterocycles. The van der Waals surface area contributed by atoms with Gasteiger partial charge in [0.05, 0.1) is 16.9 Å². The Morgan fingerprint density at radius 2 is 1.72 bits per heavy atom. The Hall–Kier alpha value is -0.920. The van der Waals surface area contributed by atoms with E-state index in [0.29, 0.717) is 17.6 Å². The van der Waals surface area contributed by atoms with Crippen LogP contribution in [0.25, 0.3) is 0 Å². The molecule has 0 aromatic heterocycles. The zero-order valence-corrected chi connectivity index (χ0v) is 12.5. The highest BCUT2D eigenvalue weighted by Crippen LogP contribution is 2.09. The van der Waals surface area contributed by atoms with E-state index in [0.717, 1.165) is 0 Å². The first kappa shape index (κ1) is 19.4. The first-order chi connectivity index (χ1) is 8.08. The summed E-state index contributed by atoms with van der Waals surface area (Å²) in [5, 5.41) is 0. The van der Waals surface area contributed by atoms with Crippen LogP contribution in [0.4, 0.5) is 0 Å². The average molecular weight is 296 g/mol. The molecule has 0 amide bonds. The summed E-state index contributed by atoms with van der Waals surface area (Å²) in [6.07, 6.45) is 7.77. The fourth-order valence-electron chi connectivity index (χ4n) is 0.876. The van der Waals surface area contributed by atoms with Crippen molar-refractivity contribution in [3.05, 3.63) is 35.8 Å². The lowest BCUT2D eigenvalue weighted by Gasteiger charge is -2.01. The number of sulfone groups is 1. The van der Waals surface area contributed by atoms with Crippen LogP contribution >= 0.6 is 0 Å². The number of rotatable bonds is 5. The molecule has 0 aliphatic rings. The molecule has 0 atom stereocenters. The van der Waals surface area contributed by atoms with Gasteiger partial charge in [0.1, 0.15) is 0 Å². The lowest BCUT2D eigenvalue weighted by molar-refractivity contribution is 0.490. The fraction of sp³-hybridized carbons (Fsp3) is 0.455. The van der Waals surface area contributed by atoms with Crippen LogP contribution in [0.2, 0.25) is 0 Å². The summed E-state index contributed by atoms with van der Waals surface area (Å²) in [5.41, 5.74) is 0. The van der Waals surface area contributed by atoms with E-state index in [2.05, 4.69) is 6.58 Å². The molecule has 18 heavy (non-hydrogen) atoms. The second-order valence-electron chi connectivity index (χ2n) is 3.35. The van der Waals surface area contributed by atoms with Crippen molar-refractivity contribution in [2.45, 2.75) is 20.3 Å². The van der Waals surface area contributed by atoms with Gasteiger partial charge in [0.25, 0.3) is 10.1 Å². The highest BCUT2D eigenvalue weighted by atomic mass is 32.2. The Kier molecular flexibility index (Phi) is 9.78. The molecule has 0 aromatic carbocycles. The number of hydrogen-bond donors (Lipinski definition) is 1. The zero-order chi connectivity index (χ0) is 14.8. The number of hydrogen-bond acceptors (Lipinski definition) is 4. The first-order valence-corrected chi connectivity index (χ1v) is 8.69. The molecule has 0 aliphatic heterocycles. The summed E-state index contributed by atoms with van der Waals surface area (Å²) in [6, 6.07) is 0. The third-order valence-electron chi connectivity index (χ3n) is 1.49. The monoisotopic (exact) mass is 296 g/mol. The maximum absolute atomic E-state index is 11.5. The van der Waals surface area contributed by atoms with E-state index in [4.69, 9.17) is 4.55 Å². The summed E-state index contributed by atoms with van der Waals surface area (Å²) in [6.45, 7) is 7.16. The fourth-order valence-corrected chi connectivity index (χ4v) is 2.19. The molecule has 7 heteroatoms. The van der Waals surface area contributed by atoms with Gasteiger partial charge in [-0.1, -0.05) is 31.7 Å². The maximum Gasteiger partial charge on any atom is 0.261 e. The Balaban J connectivity index is 0. The van der Waals surface area contributed by atoms with Gasteiger partial charge in [0.2, 0.25) is 0 Å². The quantitative estimate of drug-likeness (QED) is 0.619. The van der Waals surface area contributed by atoms with Gasteiger partial charge >= 0.3 is 0 Å². The van der Waals surface area contributed by atoms with Gasteiger partial charge in [-0.15, -0.1) is 0 Å². The molecule has 0 saturated carbocycles. The summed E-state index contributed by atoms with van der Waals surface area (Å²) < 4.78 is 48.9. The number of allylic oxidation sites excluding steroid dienone is 4. The van der Waals surface area contributed by atoms with Crippen LogP contribution in [-0.2, 0) is 20.0 Å². The van der Waals surface area contributed by atoms with E-state index in [-0.39, 0.29) is 5.75 Å². The molecule has 0 radical (unpaired) electrons. The summed E-state index contributed by atoms with van der Waals surface area (Å²) >= 11 is 0. The van der Waals surface area contributed by atoms with Crippen LogP contribution < -0.4 is 0 Å². The van der Waals surface area contributed by atoms with E-state index in [1.54, 1.807) is 18.2 Å². The van der Waals surface area contributed by atoms with Crippen molar-refractivity contribution in [1.29, 1.82) is 0 Å². The van der Waals surface area contributed by atoms with Gasteiger partial charge in [-0.05, 0) is 19.4 Å². The topological polar surface area (TPSA) is 88.5 Å². The normalized spacial score (nSPS) is 13.0. The minimum Gasteiger partial charge on any atom is -0.286 e. The summed E-state index contributed by atoms with van der Waals surface area (Å²) in [4.78, 5) is 0.299. The third kappa shape index (κ3) is 13.1. The van der Waals surface area contributed by atoms with E-state index in [1.165, 1.54) is 6.08 Å². The average Bonchev–Trinajstić information content (AvgIpc) is 2.15. The minimum absolute atomic E-state index is 0.183. The van der Waals surface area contributed by atoms with Crippen LogP contribution in [0.5, 0.6) is 0 Å². The molecule has 1 N–H and O–H groups in total. The van der Waals surface area contributed by atoms with Gasteiger partial charge in [-0.25, -0.2) is 8.42 Å². The van der Waals surface area contributed by atoms with E-state index in [9.17, 15) is 16.8 Å². The van der Waals surface area contributed by atoms with Gasteiger partial charge in [-0.2, -0.15) is 8.42 Å². The van der Waals surface area contributed by atoms with Crippen LogP contribution in [0, 0.1) is 0 Å². The first-order valence-electron chi connectivity index (χ1n) is 5.19. The smallest absolute Gasteiger partial charge is 0.261 e. The molecule has 0 spiro atoms. The van der Waals surface area contributed by atoms with Gasteiger partial charge < -0.3 is 0 Å². The Morgan fingerprint density at radius 1 is 1.28 bits per heavy atom. The van der Waals surface area contributed by atoms with Gasteiger partial charge in [0, 0.05) is 0 Å². The molecule has 5 nitrogen and oxygen atoms in total. The van der Waals surface area contributed by atoms with Gasteiger partial charge in [0.15, 0.2) is 9.84 Å². The third-order valence-corrected chi connectivity index (χ3v) is 3.45. The molecule has 0 bridgehead atoms. The molecule has 106 valence electrons. The van der Waals surface area contributed by atoms with E-state index < -0.39 is 20.0 Å². The Bertz CT molecular complexity index is 488. The molecule has 0 unspecified atom stereocenters. The van der Waals surface area contributed by atoms with E-state index in [1.807, 2.05) is 13.8 Å². The van der Waals surface area contributed by atoms with E-state index >= 15 is 0 Å². The van der Waals surface area contributed by atoms with Crippen molar-refractivity contribution >= 4 is 20.0 Å². The molecule has 0 rings (SSSR count). The van der Waals surface area contributed by atoms with Crippen molar-refractivity contribution in [2.75, 3.05) is 12.0 Å². The second kappa shape index (κ2) is 9.07. The predicted molar refractivity (Wildman–Crippen MR) is 74.6 cm³/mol. The van der Waals surface area contributed by atoms with Crippen LogP contribution in [0.1, 0.15) is 20.3 Å². The van der Waals surface area contributed by atoms with Crippen molar-refractivity contribution in [1.82, 2.24) is 0 Å². The van der Waals surface area contributed by atoms with Gasteiger partial charge in [-0.3, -0.25) is 4.55 Å². The van der Waals surface area contributed by atoms with Crippen LogP contribution in [0.3, 0.4) is 0 Å². The lowest BCUT2D eigenvalue weighted by Crippen LogP contribution is -2.06. The van der Waals surface area contributed by atoms with Crippen LogP contribution in [0.15, 0.2) is 35.8 Å². The lowest BCUT2D eigenvalue weighted by atomic mass is 10.4. The largest absolute Gasteiger partial charge is 0.286 e. The molecule has 0 aromatic rings. The van der Waals surface area contributed by atoms with Crippen molar-refractivity contribution < 1.29 is 21.4 Å². The summed E-state index contributed by atoms with van der Waals surface area (Å²) in [5.74, 6) is 0.183. The van der Waals surface area contributed by atoms with Crippen molar-refractivity contribution in [3.8, 4) is 0 Å². The Morgan fingerprint density at radius 3 is 2.00 bits per heavy atom. The Labute approximate surface area is 110 Å². The summed E-state index contributed by atoms with van der Waals surface area (Å²) in [7, 11) is -6.77.